The molecule has 0 saturated carbocycles. The molecule has 2 N–H and O–H groups in total. The van der Waals surface area contributed by atoms with Gasteiger partial charge in [-0.15, -0.1) is 0 Å². The monoisotopic (exact) mass is 523 g/mol. The number of alkyl halides is 2. The van der Waals surface area contributed by atoms with Crippen LogP contribution in [0.4, 0.5) is 19.4 Å². The highest BCUT2D eigenvalue weighted by atomic mass is 19.3. The normalized spacial score (nSPS) is 20.4. The van der Waals surface area contributed by atoms with Crippen molar-refractivity contribution in [2.24, 2.45) is 0 Å². The molecule has 1 aromatic heterocycles. The van der Waals surface area contributed by atoms with Crippen LogP contribution in [0, 0.1) is 0 Å². The quantitative estimate of drug-likeness (QED) is 0.320. The number of unbranched alkanes of at least 4 members (excludes halogenated alkanes) is 3. The molecule has 0 radical (unpaired) electrons. The summed E-state index contributed by atoms with van der Waals surface area (Å²) in [6.07, 6.45) is -2.45. The summed E-state index contributed by atoms with van der Waals surface area (Å²) < 4.78 is 46.8. The Balaban J connectivity index is 1.72. The van der Waals surface area contributed by atoms with Crippen LogP contribution < -0.4 is 11.0 Å². The van der Waals surface area contributed by atoms with Gasteiger partial charge in [-0.05, 0) is 24.5 Å². The molecule has 0 spiro atoms. The van der Waals surface area contributed by atoms with E-state index in [0.717, 1.165) is 37.1 Å². The second-order valence-corrected chi connectivity index (χ2v) is 8.58. The number of halogens is 2. The van der Waals surface area contributed by atoms with Crippen LogP contribution in [0.3, 0.4) is 0 Å². The topological polar surface area (TPSA) is 129 Å². The molecule has 3 rings (SSSR count). The molecular weight excluding hydrogens is 492 g/mol. The Morgan fingerprint density at radius 3 is 2.65 bits per heavy atom. The molecule has 1 amide bonds. The minimum absolute atomic E-state index is 0.116. The van der Waals surface area contributed by atoms with Crippen LogP contribution in [-0.4, -0.2) is 58.1 Å². The lowest BCUT2D eigenvalue weighted by atomic mass is 10.1. The summed E-state index contributed by atoms with van der Waals surface area (Å²) in [6.45, 7) is 1.25. The van der Waals surface area contributed by atoms with E-state index in [1.807, 2.05) is 6.92 Å². The Morgan fingerprint density at radius 1 is 1.19 bits per heavy atom. The number of aliphatic hydroxyl groups is 1. The predicted octanol–water partition coefficient (Wildman–Crippen LogP) is 3.44. The third-order valence-electron chi connectivity index (χ3n) is 5.83. The van der Waals surface area contributed by atoms with Crippen molar-refractivity contribution in [3.05, 3.63) is 58.6 Å². The minimum atomic E-state index is -3.94. The van der Waals surface area contributed by atoms with E-state index in [4.69, 9.17) is 14.2 Å². The van der Waals surface area contributed by atoms with E-state index in [-0.39, 0.29) is 25.3 Å². The van der Waals surface area contributed by atoms with Gasteiger partial charge >= 0.3 is 23.7 Å². The number of anilines is 1. The van der Waals surface area contributed by atoms with Crippen LogP contribution in [0.25, 0.3) is 0 Å². The van der Waals surface area contributed by atoms with E-state index in [9.17, 15) is 19.5 Å². The lowest BCUT2D eigenvalue weighted by Gasteiger charge is -2.25. The maximum Gasteiger partial charge on any atom is 0.412 e. The average Bonchev–Trinajstić information content (AvgIpc) is 3.12. The minimum Gasteiger partial charge on any atom is -0.453 e. The molecule has 10 nitrogen and oxygen atoms in total. The molecule has 1 aliphatic heterocycles. The first-order valence-corrected chi connectivity index (χ1v) is 12.2. The molecule has 1 aliphatic rings. The van der Waals surface area contributed by atoms with Gasteiger partial charge in [0.1, 0.15) is 11.9 Å². The SMILES string of the molecule is CCCCCCOC(=O)Nc1ccnc(=O)n1[C@@H]1O[C@H](CO)[C@@H](OC(=O)CCc2ccccc2)C1(F)F. The highest BCUT2D eigenvalue weighted by molar-refractivity contribution is 5.83. The second kappa shape index (κ2) is 13.2. The van der Waals surface area contributed by atoms with Crippen LogP contribution in [0.15, 0.2) is 47.4 Å². The molecular formula is C25H31F2N3O7. The number of hydrogen-bond donors (Lipinski definition) is 2. The number of aromatic nitrogens is 2. The van der Waals surface area contributed by atoms with Crippen molar-refractivity contribution in [2.45, 2.75) is 69.8 Å². The number of hydrogen-bond acceptors (Lipinski definition) is 8. The number of aliphatic hydroxyl groups excluding tert-OH is 1. The van der Waals surface area contributed by atoms with Gasteiger partial charge in [0.15, 0.2) is 6.10 Å². The molecule has 0 unspecified atom stereocenters. The van der Waals surface area contributed by atoms with Crippen LogP contribution in [0.1, 0.15) is 50.8 Å². The first-order chi connectivity index (χ1) is 17.8. The lowest BCUT2D eigenvalue weighted by Crippen LogP contribution is -2.45. The zero-order valence-electron chi connectivity index (χ0n) is 20.5. The van der Waals surface area contributed by atoms with Gasteiger partial charge in [-0.25, -0.2) is 19.1 Å². The van der Waals surface area contributed by atoms with Gasteiger partial charge in [-0.2, -0.15) is 8.78 Å². The van der Waals surface area contributed by atoms with Crippen LogP contribution in [-0.2, 0) is 25.4 Å². The van der Waals surface area contributed by atoms with Gasteiger partial charge in [0.2, 0.25) is 6.23 Å². The van der Waals surface area contributed by atoms with Crippen molar-refractivity contribution in [1.82, 2.24) is 9.55 Å². The summed E-state index contributed by atoms with van der Waals surface area (Å²) >= 11 is 0. The fourth-order valence-electron chi connectivity index (χ4n) is 3.91. The highest BCUT2D eigenvalue weighted by Gasteiger charge is 2.62. The van der Waals surface area contributed by atoms with Crippen LogP contribution >= 0.6 is 0 Å². The number of carbonyl (C=O) groups is 2. The number of amides is 1. The fourth-order valence-corrected chi connectivity index (χ4v) is 3.91. The lowest BCUT2D eigenvalue weighted by molar-refractivity contribution is -0.176. The maximum atomic E-state index is 15.5. The molecule has 12 heteroatoms. The van der Waals surface area contributed by atoms with Gasteiger partial charge in [-0.3, -0.25) is 10.1 Å². The molecule has 37 heavy (non-hydrogen) atoms. The number of nitrogens with one attached hydrogen (secondary N) is 1. The van der Waals surface area contributed by atoms with E-state index < -0.39 is 48.7 Å². The Morgan fingerprint density at radius 2 is 1.95 bits per heavy atom. The number of benzene rings is 1. The third-order valence-corrected chi connectivity index (χ3v) is 5.83. The van der Waals surface area contributed by atoms with E-state index in [1.54, 1.807) is 30.3 Å². The molecule has 2 aromatic rings. The number of nitrogens with zero attached hydrogens (tertiary/aromatic N) is 2. The standard InChI is InChI=1S/C25H31F2N3O7/c1-2-3-4-8-15-35-24(34)29-19-13-14-28-23(33)30(19)22-25(26,27)21(18(16-31)36-22)37-20(32)12-11-17-9-6-5-7-10-17/h5-7,9-10,13-14,18,21-22,31H,2-4,8,11-12,15-16H2,1H3,(H,29,34)/t18-,21-,22-/m1/s1. The Kier molecular flexibility index (Phi) is 10.1. The van der Waals surface area contributed by atoms with Crippen molar-refractivity contribution >= 4 is 17.9 Å². The summed E-state index contributed by atoms with van der Waals surface area (Å²) in [5, 5.41) is 11.9. The number of ether oxygens (including phenoxy) is 3. The van der Waals surface area contributed by atoms with Gasteiger partial charge < -0.3 is 19.3 Å². The third kappa shape index (κ3) is 7.32. The molecule has 1 aromatic carbocycles. The Hall–Kier alpha value is -3.38. The highest BCUT2D eigenvalue weighted by Crippen LogP contribution is 2.44. The van der Waals surface area contributed by atoms with Crippen LogP contribution in [0.2, 0.25) is 0 Å². The molecule has 0 aliphatic carbocycles. The van der Waals surface area contributed by atoms with Crippen molar-refractivity contribution in [3.63, 3.8) is 0 Å². The molecule has 0 bridgehead atoms. The smallest absolute Gasteiger partial charge is 0.412 e. The summed E-state index contributed by atoms with van der Waals surface area (Å²) in [5.41, 5.74) is -0.321. The first kappa shape index (κ1) is 28.2. The van der Waals surface area contributed by atoms with Gasteiger partial charge in [-0.1, -0.05) is 56.5 Å². The number of carbonyl (C=O) groups excluding carboxylic acids is 2. The molecule has 3 atom stereocenters. The van der Waals surface area contributed by atoms with E-state index in [0.29, 0.717) is 11.0 Å². The van der Waals surface area contributed by atoms with E-state index in [2.05, 4.69) is 10.3 Å². The zero-order chi connectivity index (χ0) is 26.8. The number of rotatable bonds is 12. The number of aryl methyl sites for hydroxylation is 1. The van der Waals surface area contributed by atoms with Gasteiger partial charge in [0.05, 0.1) is 13.2 Å². The first-order valence-electron chi connectivity index (χ1n) is 12.2. The summed E-state index contributed by atoms with van der Waals surface area (Å²) in [7, 11) is 0. The predicted molar refractivity (Wildman–Crippen MR) is 128 cm³/mol. The van der Waals surface area contributed by atoms with Crippen molar-refractivity contribution in [3.8, 4) is 0 Å². The second-order valence-electron chi connectivity index (χ2n) is 8.58. The average molecular weight is 524 g/mol. The van der Waals surface area contributed by atoms with Crippen molar-refractivity contribution in [1.29, 1.82) is 0 Å². The van der Waals surface area contributed by atoms with E-state index >= 15 is 8.78 Å². The maximum absolute atomic E-state index is 15.5. The fraction of sp³-hybridized carbons (Fsp3) is 0.520. The Bertz CT molecular complexity index is 1100. The molecule has 202 valence electrons. The van der Waals surface area contributed by atoms with Gasteiger partial charge in [0.25, 0.3) is 0 Å². The molecule has 1 saturated heterocycles. The zero-order valence-corrected chi connectivity index (χ0v) is 20.5. The van der Waals surface area contributed by atoms with Crippen LogP contribution in [0.5, 0.6) is 0 Å². The van der Waals surface area contributed by atoms with Crippen molar-refractivity contribution in [2.75, 3.05) is 18.5 Å². The van der Waals surface area contributed by atoms with E-state index in [1.165, 1.54) is 0 Å². The summed E-state index contributed by atoms with van der Waals surface area (Å²) in [4.78, 5) is 40.5. The van der Waals surface area contributed by atoms with Crippen molar-refractivity contribution < 1.29 is 37.7 Å². The summed E-state index contributed by atoms with van der Waals surface area (Å²) in [5.74, 6) is -5.21. The summed E-state index contributed by atoms with van der Waals surface area (Å²) in [6, 6.07) is 10.1. The molecule has 1 fully saturated rings. The molecule has 2 heterocycles. The van der Waals surface area contributed by atoms with Gasteiger partial charge in [0, 0.05) is 12.6 Å². The number of esters is 1. The Labute approximate surface area is 212 Å². The largest absolute Gasteiger partial charge is 0.453 e.